The number of nitrogens with zero attached hydrogens (tertiary/aromatic N) is 2. The average Bonchev–Trinajstić information content (AvgIpc) is 2.70. The minimum absolute atomic E-state index is 0.214. The Hall–Kier alpha value is -0.610. The molecule has 6 unspecified atom stereocenters. The molecule has 3 saturated carbocycles. The number of fused-ring (bicyclic) bond motifs is 5. The molecule has 1 saturated heterocycles. The third kappa shape index (κ3) is 1.84. The van der Waals surface area contributed by atoms with Crippen LogP contribution in [0.3, 0.4) is 0 Å². The molecule has 2 bridgehead atoms. The second-order valence-corrected chi connectivity index (χ2v) is 7.81. The Morgan fingerprint density at radius 1 is 1.20 bits per heavy atom. The van der Waals surface area contributed by atoms with Crippen molar-refractivity contribution in [2.45, 2.75) is 37.8 Å². The Labute approximate surface area is 121 Å². The lowest BCUT2D eigenvalue weighted by Crippen LogP contribution is -2.43. The Morgan fingerprint density at radius 2 is 1.85 bits per heavy atom. The molecule has 1 heterocycles. The van der Waals surface area contributed by atoms with Gasteiger partial charge in [-0.3, -0.25) is 4.79 Å². The zero-order valence-corrected chi connectivity index (χ0v) is 12.5. The number of β-amino-alcohol motifs (C(OH)–C–C–N with tert-alkyl or cyclic N) is 1. The van der Waals surface area contributed by atoms with Gasteiger partial charge < -0.3 is 14.9 Å². The Morgan fingerprint density at radius 3 is 2.45 bits per heavy atom. The fraction of sp³-hybridized carbons (Fsp3) is 0.938. The Bertz CT molecular complexity index is 409. The number of aliphatic hydroxyl groups excluding tert-OH is 1. The van der Waals surface area contributed by atoms with Crippen LogP contribution < -0.4 is 0 Å². The maximum absolute atomic E-state index is 12.9. The molecule has 4 aliphatic rings. The highest BCUT2D eigenvalue weighted by Crippen LogP contribution is 2.69. The molecule has 0 aromatic rings. The van der Waals surface area contributed by atoms with Crippen molar-refractivity contribution in [3.8, 4) is 0 Å². The van der Waals surface area contributed by atoms with Crippen LogP contribution in [0.25, 0.3) is 0 Å². The highest BCUT2D eigenvalue weighted by molar-refractivity contribution is 5.83. The van der Waals surface area contributed by atoms with E-state index in [1.54, 1.807) is 0 Å². The Kier molecular flexibility index (Phi) is 2.90. The number of hydrogen-bond acceptors (Lipinski definition) is 3. The lowest BCUT2D eigenvalue weighted by molar-refractivity contribution is -0.135. The predicted molar refractivity (Wildman–Crippen MR) is 76.0 cm³/mol. The molecule has 1 N–H and O–H groups in total. The first-order chi connectivity index (χ1) is 9.56. The van der Waals surface area contributed by atoms with E-state index < -0.39 is 0 Å². The molecule has 20 heavy (non-hydrogen) atoms. The molecule has 112 valence electrons. The van der Waals surface area contributed by atoms with Gasteiger partial charge in [-0.15, -0.1) is 0 Å². The summed E-state index contributed by atoms with van der Waals surface area (Å²) in [7, 11) is 4.08. The molecule has 0 aromatic heterocycles. The summed E-state index contributed by atoms with van der Waals surface area (Å²) in [6.45, 7) is 1.43. The maximum Gasteiger partial charge on any atom is 0.226 e. The first-order valence-electron chi connectivity index (χ1n) is 8.19. The predicted octanol–water partition coefficient (Wildman–Crippen LogP) is 0.802. The molecule has 6 atom stereocenters. The SMILES string of the molecule is CN(C)CC1CC(O)CN1C(=O)C1C2C3CCC(C3)C12. The van der Waals surface area contributed by atoms with Gasteiger partial charge in [-0.25, -0.2) is 0 Å². The molecule has 1 aliphatic heterocycles. The maximum atomic E-state index is 12.9. The molecular weight excluding hydrogens is 252 g/mol. The van der Waals surface area contributed by atoms with Gasteiger partial charge in [-0.1, -0.05) is 0 Å². The van der Waals surface area contributed by atoms with Gasteiger partial charge in [0, 0.05) is 25.0 Å². The third-order valence-corrected chi connectivity index (χ3v) is 6.27. The van der Waals surface area contributed by atoms with Gasteiger partial charge in [-0.2, -0.15) is 0 Å². The molecule has 0 radical (unpaired) electrons. The molecule has 1 amide bonds. The van der Waals surface area contributed by atoms with Crippen LogP contribution in [0.2, 0.25) is 0 Å². The number of likely N-dealkylation sites (N-methyl/N-ethyl adjacent to an activating group) is 1. The van der Waals surface area contributed by atoms with Crippen LogP contribution in [-0.2, 0) is 4.79 Å². The van der Waals surface area contributed by atoms with E-state index in [2.05, 4.69) is 4.90 Å². The van der Waals surface area contributed by atoms with Crippen LogP contribution in [0.15, 0.2) is 0 Å². The summed E-state index contributed by atoms with van der Waals surface area (Å²) in [6.07, 6.45) is 4.54. The van der Waals surface area contributed by atoms with E-state index in [4.69, 9.17) is 0 Å². The summed E-state index contributed by atoms with van der Waals surface area (Å²) >= 11 is 0. The van der Waals surface area contributed by atoms with Crippen molar-refractivity contribution in [2.75, 3.05) is 27.2 Å². The van der Waals surface area contributed by atoms with Crippen LogP contribution in [-0.4, -0.2) is 60.1 Å². The number of hydrogen-bond donors (Lipinski definition) is 1. The molecule has 4 heteroatoms. The first kappa shape index (κ1) is 13.1. The largest absolute Gasteiger partial charge is 0.391 e. The van der Waals surface area contributed by atoms with Crippen molar-refractivity contribution >= 4 is 5.91 Å². The quantitative estimate of drug-likeness (QED) is 0.830. The van der Waals surface area contributed by atoms with Gasteiger partial charge in [0.05, 0.1) is 6.10 Å². The minimum Gasteiger partial charge on any atom is -0.391 e. The monoisotopic (exact) mass is 278 g/mol. The van der Waals surface area contributed by atoms with Crippen molar-refractivity contribution in [1.82, 2.24) is 9.80 Å². The van der Waals surface area contributed by atoms with Gasteiger partial charge in [0.1, 0.15) is 0 Å². The lowest BCUT2D eigenvalue weighted by Gasteiger charge is -2.27. The second kappa shape index (κ2) is 4.44. The van der Waals surface area contributed by atoms with Gasteiger partial charge in [0.2, 0.25) is 5.91 Å². The molecule has 0 spiro atoms. The highest BCUT2D eigenvalue weighted by Gasteiger charge is 2.68. The standard InChI is InChI=1S/C16H26N2O2/c1-17(2)7-11-6-12(19)8-18(11)16(20)15-13-9-3-4-10(5-9)14(13)15/h9-15,19H,3-8H2,1-2H3. The summed E-state index contributed by atoms with van der Waals surface area (Å²) in [5.41, 5.74) is 0. The molecule has 4 nitrogen and oxygen atoms in total. The van der Waals surface area contributed by atoms with Crippen LogP contribution in [0, 0.1) is 29.6 Å². The lowest BCUT2D eigenvalue weighted by atomic mass is 10.0. The van der Waals surface area contributed by atoms with Crippen LogP contribution in [0.4, 0.5) is 0 Å². The van der Waals surface area contributed by atoms with E-state index in [1.165, 1.54) is 19.3 Å². The smallest absolute Gasteiger partial charge is 0.226 e. The topological polar surface area (TPSA) is 43.8 Å². The second-order valence-electron chi connectivity index (χ2n) is 7.81. The zero-order valence-electron chi connectivity index (χ0n) is 12.5. The van der Waals surface area contributed by atoms with Crippen LogP contribution in [0.1, 0.15) is 25.7 Å². The number of rotatable bonds is 3. The van der Waals surface area contributed by atoms with Gasteiger partial charge in [-0.05, 0) is 63.5 Å². The van der Waals surface area contributed by atoms with Crippen LogP contribution in [0.5, 0.6) is 0 Å². The summed E-state index contributed by atoms with van der Waals surface area (Å²) in [4.78, 5) is 17.0. The summed E-state index contributed by atoms with van der Waals surface area (Å²) in [5.74, 6) is 3.78. The van der Waals surface area contributed by atoms with E-state index >= 15 is 0 Å². The van der Waals surface area contributed by atoms with E-state index in [0.29, 0.717) is 30.2 Å². The molecule has 4 fully saturated rings. The average molecular weight is 278 g/mol. The zero-order chi connectivity index (χ0) is 14.0. The van der Waals surface area contributed by atoms with Crippen molar-refractivity contribution in [2.24, 2.45) is 29.6 Å². The van der Waals surface area contributed by atoms with Crippen molar-refractivity contribution < 1.29 is 9.90 Å². The normalized spacial score (nSPS) is 49.0. The van der Waals surface area contributed by atoms with E-state index in [-0.39, 0.29) is 12.1 Å². The number of carbonyl (C=O) groups is 1. The number of carbonyl (C=O) groups excluding carboxylic acids is 1. The fourth-order valence-corrected chi connectivity index (χ4v) is 5.60. The van der Waals surface area contributed by atoms with Gasteiger partial charge >= 0.3 is 0 Å². The minimum atomic E-state index is -0.320. The molecular formula is C16H26N2O2. The molecule has 0 aromatic carbocycles. The van der Waals surface area contributed by atoms with Crippen molar-refractivity contribution in [1.29, 1.82) is 0 Å². The Balaban J connectivity index is 1.46. The van der Waals surface area contributed by atoms with Gasteiger partial charge in [0.25, 0.3) is 0 Å². The first-order valence-corrected chi connectivity index (χ1v) is 8.19. The van der Waals surface area contributed by atoms with Crippen molar-refractivity contribution in [3.05, 3.63) is 0 Å². The summed E-state index contributed by atoms with van der Waals surface area (Å²) in [5, 5.41) is 9.94. The number of amides is 1. The molecule has 4 rings (SSSR count). The van der Waals surface area contributed by atoms with E-state index in [0.717, 1.165) is 24.8 Å². The highest BCUT2D eigenvalue weighted by atomic mass is 16.3. The van der Waals surface area contributed by atoms with Crippen LogP contribution >= 0.6 is 0 Å². The summed E-state index contributed by atoms with van der Waals surface area (Å²) in [6, 6.07) is 0.214. The fourth-order valence-electron chi connectivity index (χ4n) is 5.60. The molecule has 3 aliphatic carbocycles. The van der Waals surface area contributed by atoms with E-state index in [9.17, 15) is 9.90 Å². The van der Waals surface area contributed by atoms with Gasteiger partial charge in [0.15, 0.2) is 0 Å². The van der Waals surface area contributed by atoms with E-state index in [1.807, 2.05) is 19.0 Å². The van der Waals surface area contributed by atoms with Crippen molar-refractivity contribution in [3.63, 3.8) is 0 Å². The number of likely N-dealkylation sites (tertiary alicyclic amines) is 1. The number of aliphatic hydroxyl groups is 1. The summed E-state index contributed by atoms with van der Waals surface area (Å²) < 4.78 is 0. The third-order valence-electron chi connectivity index (χ3n) is 6.27.